The quantitative estimate of drug-likeness (QED) is 0.628. The number of amides is 2. The molecule has 138 valence electrons. The third-order valence-electron chi connectivity index (χ3n) is 4.57. The van der Waals surface area contributed by atoms with E-state index < -0.39 is 5.97 Å². The second-order valence-electron chi connectivity index (χ2n) is 6.28. The normalized spacial score (nSPS) is 19.2. The number of carboxylic acids is 1. The summed E-state index contributed by atoms with van der Waals surface area (Å²) in [5, 5.41) is 14.7. The predicted molar refractivity (Wildman–Crippen MR) is 94.9 cm³/mol. The maximum Gasteiger partial charge on any atom is 0.317 e. The van der Waals surface area contributed by atoms with E-state index in [2.05, 4.69) is 10.6 Å². The van der Waals surface area contributed by atoms with Crippen molar-refractivity contribution in [2.45, 2.75) is 38.3 Å². The lowest BCUT2D eigenvalue weighted by molar-refractivity contribution is -0.139. The smallest absolute Gasteiger partial charge is 0.317 e. The number of carboxylic acid groups (broad SMARTS) is 1. The summed E-state index contributed by atoms with van der Waals surface area (Å²) in [5.41, 5.74) is 1.14. The molecule has 2 amide bonds. The van der Waals surface area contributed by atoms with Crippen LogP contribution in [0.15, 0.2) is 24.3 Å². The van der Waals surface area contributed by atoms with E-state index in [-0.39, 0.29) is 24.7 Å². The van der Waals surface area contributed by atoms with E-state index in [9.17, 15) is 9.59 Å². The van der Waals surface area contributed by atoms with Crippen molar-refractivity contribution in [3.8, 4) is 5.75 Å². The van der Waals surface area contributed by atoms with E-state index in [1.165, 1.54) is 0 Å². The van der Waals surface area contributed by atoms with E-state index in [0.717, 1.165) is 30.6 Å². The molecule has 0 radical (unpaired) electrons. The zero-order valence-electron chi connectivity index (χ0n) is 14.8. The number of hydrogen-bond donors (Lipinski definition) is 3. The fraction of sp³-hybridized carbons (Fsp3) is 0.556. The lowest BCUT2D eigenvalue weighted by atomic mass is 9.85. The number of methoxy groups -OCH3 is 1. The first-order valence-electron chi connectivity index (χ1n) is 8.65. The Hall–Kier alpha value is -2.28. The molecule has 1 aromatic carbocycles. The Morgan fingerprint density at radius 2 is 1.96 bits per heavy atom. The molecular formula is C18H27N3O4. The van der Waals surface area contributed by atoms with Crippen LogP contribution in [-0.2, 0) is 11.2 Å². The third-order valence-corrected chi connectivity index (χ3v) is 4.57. The third kappa shape index (κ3) is 5.94. The number of hydrogen-bond acceptors (Lipinski definition) is 4. The molecule has 0 unspecified atom stereocenters. The zero-order valence-corrected chi connectivity index (χ0v) is 14.8. The minimum atomic E-state index is -0.811. The molecule has 25 heavy (non-hydrogen) atoms. The molecule has 1 aliphatic carbocycles. The number of likely N-dealkylation sites (N-methyl/N-ethyl adjacent to an activating group) is 1. The molecule has 1 aromatic rings. The zero-order chi connectivity index (χ0) is 18.2. The summed E-state index contributed by atoms with van der Waals surface area (Å²) in [4.78, 5) is 24.7. The number of carbonyl (C=O) groups excluding carboxylic acids is 1. The Labute approximate surface area is 148 Å². The maximum absolute atomic E-state index is 11.9. The maximum atomic E-state index is 11.9. The van der Waals surface area contributed by atoms with Gasteiger partial charge in [0, 0.05) is 18.6 Å². The van der Waals surface area contributed by atoms with Crippen LogP contribution in [0, 0.1) is 0 Å². The standard InChI is InChI=1S/C18H27N3O4/c1-3-21(12-17(22)23)15-10-14(11-15)20-18(24)19-9-8-13-4-6-16(25-2)7-5-13/h4-7,14-15H,3,8-12H2,1-2H3,(H,22,23)(H2,19,20,24). The number of aliphatic carboxylic acids is 1. The van der Waals surface area contributed by atoms with Crippen LogP contribution >= 0.6 is 0 Å². The number of rotatable bonds is 9. The molecular weight excluding hydrogens is 322 g/mol. The molecule has 1 fully saturated rings. The van der Waals surface area contributed by atoms with Crippen molar-refractivity contribution in [1.82, 2.24) is 15.5 Å². The van der Waals surface area contributed by atoms with Gasteiger partial charge < -0.3 is 20.5 Å². The minimum absolute atomic E-state index is 0.0575. The first kappa shape index (κ1) is 19.1. The monoisotopic (exact) mass is 349 g/mol. The van der Waals surface area contributed by atoms with E-state index in [4.69, 9.17) is 9.84 Å². The highest BCUT2D eigenvalue weighted by molar-refractivity contribution is 5.74. The average Bonchev–Trinajstić information content (AvgIpc) is 2.56. The van der Waals surface area contributed by atoms with E-state index >= 15 is 0 Å². The van der Waals surface area contributed by atoms with Crippen LogP contribution in [0.1, 0.15) is 25.3 Å². The van der Waals surface area contributed by atoms with E-state index in [1.54, 1.807) is 7.11 Å². The molecule has 0 aliphatic heterocycles. The SMILES string of the molecule is CCN(CC(=O)O)C1CC(NC(=O)NCCc2ccc(OC)cc2)C1. The summed E-state index contributed by atoms with van der Waals surface area (Å²) in [5.74, 6) is 0.00699. The highest BCUT2D eigenvalue weighted by atomic mass is 16.5. The Kier molecular flexibility index (Phi) is 7.06. The van der Waals surface area contributed by atoms with E-state index in [1.807, 2.05) is 36.1 Å². The second kappa shape index (κ2) is 9.27. The number of urea groups is 1. The first-order valence-corrected chi connectivity index (χ1v) is 8.65. The Bertz CT molecular complexity index is 570. The van der Waals surface area contributed by atoms with Gasteiger partial charge in [-0.1, -0.05) is 19.1 Å². The van der Waals surface area contributed by atoms with Crippen molar-refractivity contribution in [3.05, 3.63) is 29.8 Å². The highest BCUT2D eigenvalue weighted by Gasteiger charge is 2.34. The van der Waals surface area contributed by atoms with E-state index in [0.29, 0.717) is 13.1 Å². The largest absolute Gasteiger partial charge is 0.497 e. The Balaban J connectivity index is 1.62. The van der Waals surface area contributed by atoms with Gasteiger partial charge >= 0.3 is 12.0 Å². The van der Waals surface area contributed by atoms with Crippen LogP contribution in [0.3, 0.4) is 0 Å². The van der Waals surface area contributed by atoms with Crippen molar-refractivity contribution in [3.63, 3.8) is 0 Å². The summed E-state index contributed by atoms with van der Waals surface area (Å²) in [6, 6.07) is 7.96. The number of carbonyl (C=O) groups is 2. The van der Waals surface area contributed by atoms with Gasteiger partial charge in [0.15, 0.2) is 0 Å². The van der Waals surface area contributed by atoms with Crippen molar-refractivity contribution < 1.29 is 19.4 Å². The lowest BCUT2D eigenvalue weighted by Gasteiger charge is -2.42. The molecule has 1 aliphatic rings. The number of benzene rings is 1. The highest BCUT2D eigenvalue weighted by Crippen LogP contribution is 2.25. The fourth-order valence-electron chi connectivity index (χ4n) is 3.03. The van der Waals surface area contributed by atoms with Crippen LogP contribution in [0.5, 0.6) is 5.75 Å². The number of nitrogens with zero attached hydrogens (tertiary/aromatic N) is 1. The van der Waals surface area contributed by atoms with Crippen molar-refractivity contribution in [2.75, 3.05) is 26.7 Å². The van der Waals surface area contributed by atoms with Crippen LogP contribution in [-0.4, -0.2) is 60.8 Å². The molecule has 7 nitrogen and oxygen atoms in total. The minimum Gasteiger partial charge on any atom is -0.497 e. The van der Waals surface area contributed by atoms with Gasteiger partial charge in [0.2, 0.25) is 0 Å². The van der Waals surface area contributed by atoms with Crippen LogP contribution in [0.25, 0.3) is 0 Å². The molecule has 0 bridgehead atoms. The topological polar surface area (TPSA) is 90.9 Å². The summed E-state index contributed by atoms with van der Waals surface area (Å²) < 4.78 is 5.11. The van der Waals surface area contributed by atoms with Crippen LogP contribution in [0.4, 0.5) is 4.79 Å². The Morgan fingerprint density at radius 1 is 1.28 bits per heavy atom. The summed E-state index contributed by atoms with van der Waals surface area (Å²) in [6.07, 6.45) is 2.35. The fourth-order valence-corrected chi connectivity index (χ4v) is 3.03. The van der Waals surface area contributed by atoms with Gasteiger partial charge in [-0.3, -0.25) is 9.69 Å². The predicted octanol–water partition coefficient (Wildman–Crippen LogP) is 1.47. The summed E-state index contributed by atoms with van der Waals surface area (Å²) in [6.45, 7) is 3.28. The van der Waals surface area contributed by atoms with Crippen molar-refractivity contribution in [2.24, 2.45) is 0 Å². The summed E-state index contributed by atoms with van der Waals surface area (Å²) >= 11 is 0. The first-order chi connectivity index (χ1) is 12.0. The van der Waals surface area contributed by atoms with Gasteiger partial charge in [-0.15, -0.1) is 0 Å². The van der Waals surface area contributed by atoms with Crippen molar-refractivity contribution >= 4 is 12.0 Å². The molecule has 2 rings (SSSR count). The molecule has 0 heterocycles. The molecule has 1 saturated carbocycles. The van der Waals surface area contributed by atoms with Gasteiger partial charge in [-0.05, 0) is 43.5 Å². The van der Waals surface area contributed by atoms with Crippen LogP contribution < -0.4 is 15.4 Å². The van der Waals surface area contributed by atoms with Gasteiger partial charge in [0.25, 0.3) is 0 Å². The molecule has 0 spiro atoms. The molecule has 0 atom stereocenters. The Morgan fingerprint density at radius 3 is 2.52 bits per heavy atom. The van der Waals surface area contributed by atoms with Gasteiger partial charge in [-0.2, -0.15) is 0 Å². The van der Waals surface area contributed by atoms with Crippen molar-refractivity contribution in [1.29, 1.82) is 0 Å². The average molecular weight is 349 g/mol. The lowest BCUT2D eigenvalue weighted by Crippen LogP contribution is -2.56. The number of nitrogens with one attached hydrogen (secondary N) is 2. The van der Waals surface area contributed by atoms with Gasteiger partial charge in [0.05, 0.1) is 13.7 Å². The van der Waals surface area contributed by atoms with Crippen LogP contribution in [0.2, 0.25) is 0 Å². The summed E-state index contributed by atoms with van der Waals surface area (Å²) in [7, 11) is 1.63. The second-order valence-corrected chi connectivity index (χ2v) is 6.28. The molecule has 0 saturated heterocycles. The number of ether oxygens (including phenoxy) is 1. The van der Waals surface area contributed by atoms with Gasteiger partial charge in [0.1, 0.15) is 5.75 Å². The van der Waals surface area contributed by atoms with Gasteiger partial charge in [-0.25, -0.2) is 4.79 Å². The molecule has 7 heteroatoms. The molecule has 0 aromatic heterocycles. The molecule has 3 N–H and O–H groups in total.